The van der Waals surface area contributed by atoms with E-state index in [9.17, 15) is 58.8 Å². The van der Waals surface area contributed by atoms with Crippen LogP contribution in [0.15, 0.2) is 66.3 Å². The number of fused-ring (bicyclic) bond motifs is 1. The van der Waals surface area contributed by atoms with Crippen molar-refractivity contribution in [2.75, 3.05) is 51.7 Å². The Balaban J connectivity index is 1.00. The summed E-state index contributed by atoms with van der Waals surface area (Å²) in [5.41, 5.74) is 17.5. The molecule has 1 aromatic carbocycles. The summed E-state index contributed by atoms with van der Waals surface area (Å²) < 4.78 is 73.4. The summed E-state index contributed by atoms with van der Waals surface area (Å²) in [6, 6.07) is 4.22. The van der Waals surface area contributed by atoms with Gasteiger partial charge in [-0.2, -0.15) is 4.98 Å². The van der Waals surface area contributed by atoms with E-state index in [2.05, 4.69) is 25.3 Å². The van der Waals surface area contributed by atoms with E-state index in [-0.39, 0.29) is 17.9 Å². The molecule has 3 aromatic heterocycles. The number of aliphatic hydroxyl groups is 5. The highest BCUT2D eigenvalue weighted by Crippen LogP contribution is 2.52. The number of aromatic nitrogens is 6. The highest BCUT2D eigenvalue weighted by molar-refractivity contribution is 7.47. The first-order valence-corrected chi connectivity index (χ1v) is 25.5. The van der Waals surface area contributed by atoms with Crippen LogP contribution in [0.2, 0.25) is 0 Å². The number of anilines is 2. The van der Waals surface area contributed by atoms with Crippen LogP contribution >= 0.6 is 15.6 Å². The number of phosphoric ester groups is 2. The Hall–Kier alpha value is -5.65. The number of amides is 3. The van der Waals surface area contributed by atoms with Crippen LogP contribution in [-0.2, 0) is 52.7 Å². The van der Waals surface area contributed by atoms with Crippen molar-refractivity contribution >= 4 is 50.4 Å². The number of carbonyl (C=O) groups is 2. The molecule has 3 amide bonds. The van der Waals surface area contributed by atoms with Gasteiger partial charge >= 0.3 is 27.4 Å². The molecule has 0 bridgehead atoms. The third-order valence-corrected chi connectivity index (χ3v) is 14.2. The number of phosphoric acid groups is 2. The van der Waals surface area contributed by atoms with Crippen molar-refractivity contribution in [1.29, 1.82) is 0 Å². The highest BCUT2D eigenvalue weighted by atomic mass is 31.2. The fourth-order valence-electron chi connectivity index (χ4n) is 8.53. The minimum absolute atomic E-state index is 0.0354. The van der Waals surface area contributed by atoms with Crippen LogP contribution in [0.1, 0.15) is 18.0 Å². The third-order valence-electron chi connectivity index (χ3n) is 12.2. The number of carbonyl (C=O) groups excluding carboxylic acids is 2. The average Bonchev–Trinajstić information content (AvgIpc) is 4.09. The van der Waals surface area contributed by atoms with Crippen molar-refractivity contribution in [3.8, 4) is 5.75 Å². The number of imidazole rings is 1. The monoisotopic (exact) mass is 1100 g/mol. The number of rotatable bonds is 20. The van der Waals surface area contributed by atoms with E-state index in [4.69, 9.17) is 54.2 Å². The van der Waals surface area contributed by atoms with Crippen LogP contribution in [0.5, 0.6) is 5.75 Å². The summed E-state index contributed by atoms with van der Waals surface area (Å²) in [7, 11) is -6.04. The molecule has 75 heavy (non-hydrogen) atoms. The Morgan fingerprint density at radius 2 is 1.52 bits per heavy atom. The number of nitrogens with zero attached hydrogens (tertiary/aromatic N) is 8. The van der Waals surface area contributed by atoms with Crippen molar-refractivity contribution in [3.05, 3.63) is 77.5 Å². The molecule has 2 unspecified atom stereocenters. The van der Waals surface area contributed by atoms with Crippen LogP contribution in [-0.4, -0.2) is 195 Å². The Bertz CT molecular complexity index is 2900. The second-order valence-corrected chi connectivity index (χ2v) is 20.5. The van der Waals surface area contributed by atoms with E-state index < -0.39 is 139 Å². The van der Waals surface area contributed by atoms with E-state index in [0.29, 0.717) is 27.5 Å². The van der Waals surface area contributed by atoms with Gasteiger partial charge in [0.25, 0.3) is 0 Å². The van der Waals surface area contributed by atoms with Gasteiger partial charge in [-0.1, -0.05) is 12.1 Å². The molecule has 33 nitrogen and oxygen atoms in total. The number of ether oxygens (including phenoxy) is 4. The number of methoxy groups -OCH3 is 1. The molecule has 4 aromatic rings. The molecule has 15 N–H and O–H groups in total. The summed E-state index contributed by atoms with van der Waals surface area (Å²) in [6.45, 7) is -3.01. The molecule has 7 heterocycles. The van der Waals surface area contributed by atoms with E-state index in [0.717, 1.165) is 29.1 Å². The maximum atomic E-state index is 14.0. The Kier molecular flexibility index (Phi) is 16.4. The van der Waals surface area contributed by atoms with Gasteiger partial charge in [-0.3, -0.25) is 48.0 Å². The molecule has 35 heteroatoms. The largest absolute Gasteiger partial charge is 0.497 e. The van der Waals surface area contributed by atoms with Gasteiger partial charge < -0.3 is 76.0 Å². The van der Waals surface area contributed by atoms with Crippen LogP contribution in [0, 0.1) is 0 Å². The van der Waals surface area contributed by atoms with Crippen molar-refractivity contribution in [2.24, 2.45) is 11.5 Å². The van der Waals surface area contributed by atoms with Crippen molar-refractivity contribution in [3.63, 3.8) is 0 Å². The molecule has 8 rings (SSSR count). The molecule has 0 radical (unpaired) electrons. The lowest BCUT2D eigenvalue weighted by molar-refractivity contribution is -0.124. The zero-order valence-corrected chi connectivity index (χ0v) is 41.5. The van der Waals surface area contributed by atoms with Crippen molar-refractivity contribution in [2.45, 2.75) is 91.9 Å². The lowest BCUT2D eigenvalue weighted by Crippen LogP contribution is -2.62. The minimum Gasteiger partial charge on any atom is -0.497 e. The molecule has 410 valence electrons. The van der Waals surface area contributed by atoms with Crippen LogP contribution in [0.25, 0.3) is 11.2 Å². The highest BCUT2D eigenvalue weighted by Gasteiger charge is 2.54. The van der Waals surface area contributed by atoms with Gasteiger partial charge in [-0.25, -0.2) is 33.7 Å². The van der Waals surface area contributed by atoms with Gasteiger partial charge in [-0.15, -0.1) is 0 Å². The fraction of sp³-hybridized carbons (Fsp3) is 0.525. The molecule has 0 spiro atoms. The number of benzene rings is 1. The smallest absolute Gasteiger partial charge is 0.472 e. The Morgan fingerprint density at radius 1 is 0.907 bits per heavy atom. The second-order valence-electron chi connectivity index (χ2n) is 17.6. The van der Waals surface area contributed by atoms with Gasteiger partial charge in [0.05, 0.1) is 45.3 Å². The summed E-state index contributed by atoms with van der Waals surface area (Å²) in [5.74, 6) is -2.28. The zero-order chi connectivity index (χ0) is 54.3. The maximum absolute atomic E-state index is 14.0. The number of nitrogen functional groups attached to an aromatic ring is 1. The third kappa shape index (κ3) is 12.2. The summed E-state index contributed by atoms with van der Waals surface area (Å²) in [4.78, 5) is 80.3. The average molecular weight is 1100 g/mol. The van der Waals surface area contributed by atoms with Crippen LogP contribution < -0.4 is 43.2 Å². The fourth-order valence-corrected chi connectivity index (χ4v) is 10.5. The number of hydrogen-bond donors (Lipinski definition) is 12. The number of nitrogens with two attached hydrogens (primary N) is 3. The van der Waals surface area contributed by atoms with Crippen LogP contribution in [0.3, 0.4) is 0 Å². The van der Waals surface area contributed by atoms with Crippen LogP contribution in [0.4, 0.5) is 16.4 Å². The molecular formula is C40H55N13O20P2. The molecule has 3 fully saturated rings. The first kappa shape index (κ1) is 55.6. The van der Waals surface area contributed by atoms with E-state index >= 15 is 0 Å². The number of urea groups is 1. The van der Waals surface area contributed by atoms with Gasteiger partial charge in [0, 0.05) is 26.5 Å². The Morgan fingerprint density at radius 3 is 2.15 bits per heavy atom. The summed E-state index contributed by atoms with van der Waals surface area (Å²) >= 11 is 0. The van der Waals surface area contributed by atoms with Gasteiger partial charge in [0.2, 0.25) is 11.8 Å². The summed E-state index contributed by atoms with van der Waals surface area (Å²) in [6.07, 6.45) is -13.9. The van der Waals surface area contributed by atoms with E-state index in [1.54, 1.807) is 43.3 Å². The molecule has 0 saturated carbocycles. The zero-order valence-electron chi connectivity index (χ0n) is 39.7. The number of aliphatic hydroxyl groups excluding tert-OH is 4. The normalized spacial score (nSPS) is 31.7. The quantitative estimate of drug-likeness (QED) is 0.0293. The molecule has 4 aliphatic rings. The van der Waals surface area contributed by atoms with E-state index in [1.165, 1.54) is 24.3 Å². The lowest BCUT2D eigenvalue weighted by Gasteiger charge is -2.34. The first-order chi connectivity index (χ1) is 35.4. The minimum atomic E-state index is -5.52. The maximum Gasteiger partial charge on any atom is 0.472 e. The standard InChI is InChI=1S/C40H55N13O20P2/c1-50(2)32-26-33(45-16-44-32)53(17-46-26)35-27(55)25(48-34(58)20(41)12-18-4-6-19(66-3)7-5-18)22(70-35)14-67-74(62,63)73-31-23(71-36(29(31)57)51-10-8-24(42)47-38(51)59)15-68-75(64,65)72-30-21(13-54)69-37(28(30)56)52-11-9-40(43,61)49-39(52)60/h4-11,16-17,20-23,25,27-31,35-37,54-57,61H,12-15,41,43H2,1-3H3,(H,48,58)(H,49,60)(H,62,63)(H,64,65)(H2,42,47,59)/t20-,21+,22+,23+,25+,27+,28+,29+,30+,31+,35+,36+,37+,40+/m0/s1. The van der Waals surface area contributed by atoms with Gasteiger partial charge in [0.1, 0.15) is 66.7 Å². The number of hydrogen-bond acceptors (Lipinski definition) is 26. The van der Waals surface area contributed by atoms with E-state index in [1.807, 2.05) is 5.32 Å². The molecule has 0 aliphatic carbocycles. The Labute approximate surface area is 423 Å². The molecular weight excluding hydrogens is 1040 g/mol. The number of nitrogens with one attached hydrogen (secondary N) is 2. The van der Waals surface area contributed by atoms with Crippen molar-refractivity contribution < 1.29 is 91.1 Å². The van der Waals surface area contributed by atoms with Gasteiger partial charge in [-0.05, 0) is 36.3 Å². The summed E-state index contributed by atoms with van der Waals surface area (Å²) in [5, 5.41) is 59.0. The predicted molar refractivity (Wildman–Crippen MR) is 251 cm³/mol. The topological polar surface area (TPSA) is 471 Å². The SMILES string of the molecule is COc1ccc(C[C@H](N)C(=O)N[C@H]2[C@@H](O)[C@H](n3cnc4c(N(C)C)ncnc43)O[C@@H]2COP(=O)(O)O[C@H]2[C@@H](O)[C@H](n3ccc(N)nc3=O)O[C@@H]2COP(=O)(O)O[C@H]2[C@@H](O)[C@H](N3C=C[C@](N)(O)NC3=O)O[C@@H]2CO)cc1. The predicted octanol–water partition coefficient (Wildman–Crippen LogP) is -4.46. The lowest BCUT2D eigenvalue weighted by atomic mass is 10.0. The first-order valence-electron chi connectivity index (χ1n) is 22.5. The molecule has 4 aliphatic heterocycles. The molecule has 3 saturated heterocycles. The second kappa shape index (κ2) is 22.1. The van der Waals surface area contributed by atoms with Gasteiger partial charge in [0.15, 0.2) is 35.7 Å². The van der Waals surface area contributed by atoms with Crippen molar-refractivity contribution in [1.82, 2.24) is 44.6 Å². The molecule has 16 atom stereocenters.